The first-order valence-corrected chi connectivity index (χ1v) is 9.51. The summed E-state index contributed by atoms with van der Waals surface area (Å²) in [4.78, 5) is 23.9. The van der Waals surface area contributed by atoms with E-state index in [1.807, 2.05) is 6.92 Å². The number of nitrogens with one attached hydrogen (secondary N) is 2. The summed E-state index contributed by atoms with van der Waals surface area (Å²) in [6.45, 7) is 2.29. The Bertz CT molecular complexity index is 828. The summed E-state index contributed by atoms with van der Waals surface area (Å²) in [5.41, 5.74) is -0.260. The van der Waals surface area contributed by atoms with Crippen molar-refractivity contribution in [2.75, 3.05) is 28.7 Å². The summed E-state index contributed by atoms with van der Waals surface area (Å²) in [6, 6.07) is 11.3. The fourth-order valence-electron chi connectivity index (χ4n) is 2.24. The van der Waals surface area contributed by atoms with Crippen LogP contribution in [-0.4, -0.2) is 29.9 Å². The van der Waals surface area contributed by atoms with Crippen LogP contribution in [0.4, 0.5) is 24.5 Å². The number of thioether (sulfide) groups is 1. The van der Waals surface area contributed by atoms with Crippen molar-refractivity contribution < 1.29 is 27.5 Å². The third-order valence-corrected chi connectivity index (χ3v) is 4.33. The van der Waals surface area contributed by atoms with Crippen LogP contribution in [0.25, 0.3) is 0 Å². The van der Waals surface area contributed by atoms with Gasteiger partial charge in [-0.1, -0.05) is 18.2 Å². The van der Waals surface area contributed by atoms with Gasteiger partial charge < -0.3 is 15.4 Å². The number of halogens is 3. The van der Waals surface area contributed by atoms with Crippen LogP contribution in [0.2, 0.25) is 0 Å². The predicted molar refractivity (Wildman–Crippen MR) is 104 cm³/mol. The van der Waals surface area contributed by atoms with Gasteiger partial charge in [0.1, 0.15) is 5.75 Å². The molecule has 0 saturated heterocycles. The minimum atomic E-state index is -4.48. The van der Waals surface area contributed by atoms with Gasteiger partial charge in [-0.25, -0.2) is 0 Å². The van der Waals surface area contributed by atoms with Gasteiger partial charge in [0.25, 0.3) is 0 Å². The highest BCUT2D eigenvalue weighted by Gasteiger charge is 2.30. The van der Waals surface area contributed by atoms with Crippen molar-refractivity contribution in [3.8, 4) is 5.75 Å². The Hall–Kier alpha value is -2.68. The smallest absolute Gasteiger partial charge is 0.416 e. The van der Waals surface area contributed by atoms with Crippen molar-refractivity contribution in [2.24, 2.45) is 0 Å². The molecule has 0 unspecified atom stereocenters. The molecule has 0 atom stereocenters. The van der Waals surface area contributed by atoms with E-state index in [1.54, 1.807) is 24.3 Å². The molecule has 0 aliphatic carbocycles. The molecule has 5 nitrogen and oxygen atoms in total. The average Bonchev–Trinajstić information content (AvgIpc) is 2.63. The number of benzene rings is 2. The lowest BCUT2D eigenvalue weighted by Crippen LogP contribution is -2.19. The Morgan fingerprint density at radius 1 is 1.00 bits per heavy atom. The van der Waals surface area contributed by atoms with Gasteiger partial charge in [0.2, 0.25) is 11.8 Å². The molecule has 0 spiro atoms. The lowest BCUT2D eigenvalue weighted by atomic mass is 10.2. The number of hydrogen-bond acceptors (Lipinski definition) is 4. The monoisotopic (exact) mass is 412 g/mol. The van der Waals surface area contributed by atoms with Crippen LogP contribution in [0, 0.1) is 0 Å². The first kappa shape index (κ1) is 21.6. The van der Waals surface area contributed by atoms with Crippen LogP contribution in [-0.2, 0) is 15.8 Å². The molecule has 2 aromatic carbocycles. The van der Waals surface area contributed by atoms with Crippen molar-refractivity contribution in [2.45, 2.75) is 13.1 Å². The van der Waals surface area contributed by atoms with E-state index in [0.29, 0.717) is 18.0 Å². The second-order valence-electron chi connectivity index (χ2n) is 5.60. The summed E-state index contributed by atoms with van der Waals surface area (Å²) in [5, 5.41) is 5.09. The number of anilines is 2. The summed E-state index contributed by atoms with van der Waals surface area (Å²) in [5.74, 6) is -0.325. The minimum absolute atomic E-state index is 0.0104. The molecule has 9 heteroatoms. The zero-order valence-corrected chi connectivity index (χ0v) is 15.8. The predicted octanol–water partition coefficient (Wildman–Crippen LogP) is 4.41. The molecule has 2 rings (SSSR count). The van der Waals surface area contributed by atoms with E-state index in [2.05, 4.69) is 10.6 Å². The summed E-state index contributed by atoms with van der Waals surface area (Å²) in [6.07, 6.45) is -4.48. The van der Waals surface area contributed by atoms with Crippen molar-refractivity contribution in [3.05, 3.63) is 54.1 Å². The van der Waals surface area contributed by atoms with Crippen LogP contribution in [0.15, 0.2) is 48.5 Å². The summed E-state index contributed by atoms with van der Waals surface area (Å²) in [7, 11) is 0. The Labute approximate surface area is 164 Å². The van der Waals surface area contributed by atoms with E-state index in [9.17, 15) is 22.8 Å². The molecule has 0 saturated carbocycles. The van der Waals surface area contributed by atoms with Gasteiger partial charge in [-0.05, 0) is 37.3 Å². The molecule has 150 valence electrons. The van der Waals surface area contributed by atoms with Gasteiger partial charge in [0, 0.05) is 5.69 Å². The van der Waals surface area contributed by atoms with Gasteiger partial charge in [-0.15, -0.1) is 11.8 Å². The second-order valence-corrected chi connectivity index (χ2v) is 6.58. The molecule has 2 N–H and O–H groups in total. The quantitative estimate of drug-likeness (QED) is 0.674. The summed E-state index contributed by atoms with van der Waals surface area (Å²) >= 11 is 1.05. The fraction of sp³-hybridized carbons (Fsp3) is 0.263. The Morgan fingerprint density at radius 3 is 2.36 bits per heavy atom. The normalized spacial score (nSPS) is 11.0. The molecule has 0 bridgehead atoms. The van der Waals surface area contributed by atoms with Crippen LogP contribution < -0.4 is 15.4 Å². The standard InChI is InChI=1S/C19H19F3N2O3S/c1-2-27-16-9-4-3-8-15(16)24-18(26)12-28-11-17(25)23-14-7-5-6-13(10-14)19(20,21)22/h3-10H,2,11-12H2,1H3,(H,23,25)(H,24,26). The number of rotatable bonds is 8. The largest absolute Gasteiger partial charge is 0.492 e. The highest BCUT2D eigenvalue weighted by molar-refractivity contribution is 8.00. The van der Waals surface area contributed by atoms with E-state index in [4.69, 9.17) is 4.74 Å². The highest BCUT2D eigenvalue weighted by atomic mass is 32.2. The van der Waals surface area contributed by atoms with Crippen LogP contribution in [0.5, 0.6) is 5.75 Å². The molecule has 0 aliphatic rings. The number of ether oxygens (including phenoxy) is 1. The van der Waals surface area contributed by atoms with E-state index < -0.39 is 17.6 Å². The van der Waals surface area contributed by atoms with E-state index in [-0.39, 0.29) is 23.1 Å². The number of para-hydroxylation sites is 2. The highest BCUT2D eigenvalue weighted by Crippen LogP contribution is 2.30. The van der Waals surface area contributed by atoms with Crippen LogP contribution in [0.1, 0.15) is 12.5 Å². The maximum atomic E-state index is 12.7. The van der Waals surface area contributed by atoms with Crippen molar-refractivity contribution in [1.29, 1.82) is 0 Å². The Morgan fingerprint density at radius 2 is 1.68 bits per heavy atom. The topological polar surface area (TPSA) is 67.4 Å². The SMILES string of the molecule is CCOc1ccccc1NC(=O)CSCC(=O)Nc1cccc(C(F)(F)F)c1. The molecule has 0 aliphatic heterocycles. The number of carbonyl (C=O) groups is 2. The maximum absolute atomic E-state index is 12.7. The van der Waals surface area contributed by atoms with Crippen molar-refractivity contribution in [3.63, 3.8) is 0 Å². The molecular weight excluding hydrogens is 393 g/mol. The van der Waals surface area contributed by atoms with Crippen molar-refractivity contribution in [1.82, 2.24) is 0 Å². The number of alkyl halides is 3. The zero-order chi connectivity index (χ0) is 20.6. The molecule has 0 aromatic heterocycles. The van der Waals surface area contributed by atoms with E-state index in [0.717, 1.165) is 23.9 Å². The third-order valence-electron chi connectivity index (χ3n) is 3.40. The van der Waals surface area contributed by atoms with Gasteiger partial charge in [-0.3, -0.25) is 9.59 Å². The first-order chi connectivity index (χ1) is 13.3. The van der Waals surface area contributed by atoms with Gasteiger partial charge in [0.15, 0.2) is 0 Å². The molecule has 0 fully saturated rings. The second kappa shape index (κ2) is 10.0. The Kier molecular flexibility index (Phi) is 7.74. The molecule has 28 heavy (non-hydrogen) atoms. The van der Waals surface area contributed by atoms with Gasteiger partial charge >= 0.3 is 6.18 Å². The van der Waals surface area contributed by atoms with E-state index >= 15 is 0 Å². The average molecular weight is 412 g/mol. The first-order valence-electron chi connectivity index (χ1n) is 8.36. The molecule has 0 heterocycles. The zero-order valence-electron chi connectivity index (χ0n) is 15.0. The van der Waals surface area contributed by atoms with Crippen LogP contribution >= 0.6 is 11.8 Å². The minimum Gasteiger partial charge on any atom is -0.492 e. The lowest BCUT2D eigenvalue weighted by molar-refractivity contribution is -0.137. The lowest BCUT2D eigenvalue weighted by Gasteiger charge is -2.11. The van der Waals surface area contributed by atoms with Crippen LogP contribution in [0.3, 0.4) is 0 Å². The Balaban J connectivity index is 1.80. The number of hydrogen-bond donors (Lipinski definition) is 2. The molecule has 0 radical (unpaired) electrons. The number of amides is 2. The van der Waals surface area contributed by atoms with Crippen molar-refractivity contribution >= 4 is 35.0 Å². The number of carbonyl (C=O) groups excluding carboxylic acids is 2. The summed E-state index contributed by atoms with van der Waals surface area (Å²) < 4.78 is 43.5. The molecular formula is C19H19F3N2O3S. The maximum Gasteiger partial charge on any atom is 0.416 e. The van der Waals surface area contributed by atoms with Gasteiger partial charge in [-0.2, -0.15) is 13.2 Å². The molecule has 2 aromatic rings. The fourth-order valence-corrected chi connectivity index (χ4v) is 2.86. The molecule has 2 amide bonds. The van der Waals surface area contributed by atoms with Gasteiger partial charge in [0.05, 0.1) is 29.4 Å². The third kappa shape index (κ3) is 6.80. The van der Waals surface area contributed by atoms with E-state index in [1.165, 1.54) is 12.1 Å².